The molecule has 0 spiro atoms. The molecule has 0 bridgehead atoms. The number of rotatable bonds is 8. The maximum absolute atomic E-state index is 12.0. The summed E-state index contributed by atoms with van der Waals surface area (Å²) in [6, 6.07) is 4.63. The average molecular weight is 517 g/mol. The molecule has 15 heteroatoms. The molecule has 0 fully saturated rings. The summed E-state index contributed by atoms with van der Waals surface area (Å²) in [6.45, 7) is 5.76. The Kier molecular flexibility index (Phi) is 6.71. The van der Waals surface area contributed by atoms with E-state index in [1.807, 2.05) is 25.6 Å². The van der Waals surface area contributed by atoms with E-state index in [0.717, 1.165) is 11.8 Å². The molecule has 0 aromatic carbocycles. The molecule has 4 aromatic rings. The Hall–Kier alpha value is -3.95. The minimum absolute atomic E-state index is 0.0469. The van der Waals surface area contributed by atoms with Gasteiger partial charge in [0.25, 0.3) is 5.91 Å². The van der Waals surface area contributed by atoms with Gasteiger partial charge >= 0.3 is 0 Å². The number of aliphatic hydroxyl groups is 1. The molecule has 0 saturated carbocycles. The first-order valence-corrected chi connectivity index (χ1v) is 12.5. The van der Waals surface area contributed by atoms with Crippen molar-refractivity contribution in [3.63, 3.8) is 0 Å². The van der Waals surface area contributed by atoms with E-state index in [4.69, 9.17) is 9.26 Å². The first kappa shape index (κ1) is 25.2. The standard InChI is InChI=1S/C21H24N8O6S/c1-21(2,3)17-16-9-23-24-18(15-7-14(10-30)35-27-15)29(16)26-20(17)34-11-13-6-5-12(8-22-13)19(31)25-28-36(4,32)33/h5-9,28,30H,10-11H2,1-4H3,(H,25,31). The van der Waals surface area contributed by atoms with Crippen LogP contribution in [-0.2, 0) is 28.7 Å². The highest BCUT2D eigenvalue weighted by Gasteiger charge is 2.28. The molecule has 4 heterocycles. The van der Waals surface area contributed by atoms with Crippen LogP contribution >= 0.6 is 0 Å². The van der Waals surface area contributed by atoms with Crippen LogP contribution in [0.1, 0.15) is 48.1 Å². The molecule has 0 aliphatic rings. The number of sulfonamides is 1. The number of hydrogen-bond acceptors (Lipinski definition) is 11. The number of carbonyl (C=O) groups is 1. The van der Waals surface area contributed by atoms with Gasteiger partial charge in [-0.3, -0.25) is 15.2 Å². The van der Waals surface area contributed by atoms with Gasteiger partial charge in [0, 0.05) is 17.8 Å². The molecule has 0 saturated heterocycles. The van der Waals surface area contributed by atoms with Crippen molar-refractivity contribution in [2.24, 2.45) is 0 Å². The van der Waals surface area contributed by atoms with Crippen molar-refractivity contribution >= 4 is 21.4 Å². The smallest absolute Gasteiger partial charge is 0.267 e. The molecule has 0 unspecified atom stereocenters. The Balaban J connectivity index is 1.59. The second kappa shape index (κ2) is 9.60. The zero-order valence-corrected chi connectivity index (χ0v) is 20.7. The van der Waals surface area contributed by atoms with E-state index >= 15 is 0 Å². The molecule has 0 atom stereocenters. The largest absolute Gasteiger partial charge is 0.470 e. The van der Waals surface area contributed by atoms with Crippen molar-refractivity contribution in [1.29, 1.82) is 0 Å². The predicted octanol–water partition coefficient (Wildman–Crippen LogP) is 0.737. The van der Waals surface area contributed by atoms with Gasteiger partial charge in [-0.25, -0.2) is 12.9 Å². The Bertz CT molecular complexity index is 1510. The quantitative estimate of drug-likeness (QED) is 0.280. The van der Waals surface area contributed by atoms with Crippen molar-refractivity contribution in [3.8, 4) is 17.4 Å². The molecule has 36 heavy (non-hydrogen) atoms. The summed E-state index contributed by atoms with van der Waals surface area (Å²) >= 11 is 0. The van der Waals surface area contributed by atoms with Gasteiger partial charge in [-0.1, -0.05) is 25.9 Å². The number of pyridine rings is 1. The lowest BCUT2D eigenvalue weighted by Crippen LogP contribution is -2.40. The molecule has 4 aromatic heterocycles. The number of ether oxygens (including phenoxy) is 1. The van der Waals surface area contributed by atoms with Crippen LogP contribution in [0.2, 0.25) is 0 Å². The zero-order chi connectivity index (χ0) is 26.1. The van der Waals surface area contributed by atoms with Gasteiger partial charge in [-0.2, -0.15) is 5.10 Å². The maximum Gasteiger partial charge on any atom is 0.267 e. The number of aromatic nitrogens is 6. The van der Waals surface area contributed by atoms with Crippen LogP contribution in [0, 0.1) is 0 Å². The topological polar surface area (TPSA) is 187 Å². The van der Waals surface area contributed by atoms with Crippen LogP contribution < -0.4 is 15.0 Å². The van der Waals surface area contributed by atoms with E-state index < -0.39 is 15.9 Å². The number of nitrogens with zero attached hydrogens (tertiary/aromatic N) is 6. The summed E-state index contributed by atoms with van der Waals surface area (Å²) in [6.07, 6.45) is 3.80. The van der Waals surface area contributed by atoms with Crippen molar-refractivity contribution in [1.82, 2.24) is 40.2 Å². The Morgan fingerprint density at radius 3 is 2.64 bits per heavy atom. The summed E-state index contributed by atoms with van der Waals surface area (Å²) in [5, 5.41) is 26.0. The highest BCUT2D eigenvalue weighted by Crippen LogP contribution is 2.36. The van der Waals surface area contributed by atoms with Crippen molar-refractivity contribution < 1.29 is 27.6 Å². The van der Waals surface area contributed by atoms with Gasteiger partial charge in [0.2, 0.25) is 21.7 Å². The lowest BCUT2D eigenvalue weighted by molar-refractivity contribution is 0.0944. The molecule has 0 aliphatic carbocycles. The highest BCUT2D eigenvalue weighted by molar-refractivity contribution is 7.88. The SMILES string of the molecule is CC(C)(C)c1c(OCc2ccc(C(=O)NNS(C)(=O)=O)cn2)nn2c(-c3cc(CO)on3)nncc12. The van der Waals surface area contributed by atoms with E-state index in [2.05, 4.69) is 30.9 Å². The predicted molar refractivity (Wildman–Crippen MR) is 125 cm³/mol. The van der Waals surface area contributed by atoms with E-state index in [1.165, 1.54) is 12.3 Å². The molecule has 0 aliphatic heterocycles. The van der Waals surface area contributed by atoms with Gasteiger partial charge in [0.1, 0.15) is 13.2 Å². The van der Waals surface area contributed by atoms with Crippen LogP contribution in [0.25, 0.3) is 17.0 Å². The first-order chi connectivity index (χ1) is 17.0. The molecule has 1 amide bonds. The molecular weight excluding hydrogens is 492 g/mol. The molecule has 14 nitrogen and oxygen atoms in total. The normalized spacial score (nSPS) is 12.1. The number of fused-ring (bicyclic) bond motifs is 1. The fourth-order valence-corrected chi connectivity index (χ4v) is 3.61. The maximum atomic E-state index is 12.0. The summed E-state index contributed by atoms with van der Waals surface area (Å²) in [5.41, 5.74) is 4.18. The highest BCUT2D eigenvalue weighted by atomic mass is 32.2. The third-order valence-corrected chi connectivity index (χ3v) is 5.38. The van der Waals surface area contributed by atoms with Crippen LogP contribution in [0.5, 0.6) is 5.88 Å². The number of nitrogens with one attached hydrogen (secondary N) is 2. The summed E-state index contributed by atoms with van der Waals surface area (Å²) in [4.78, 5) is 18.2. The van der Waals surface area contributed by atoms with Gasteiger partial charge < -0.3 is 14.4 Å². The minimum atomic E-state index is -3.58. The van der Waals surface area contributed by atoms with Gasteiger partial charge in [-0.05, 0) is 17.5 Å². The monoisotopic (exact) mass is 516 g/mol. The van der Waals surface area contributed by atoms with E-state index in [9.17, 15) is 18.3 Å². The number of amides is 1. The number of carbonyl (C=O) groups excluding carboxylic acids is 1. The third-order valence-electron chi connectivity index (χ3n) is 4.91. The van der Waals surface area contributed by atoms with Crippen molar-refractivity contribution in [2.75, 3.05) is 6.26 Å². The molecular formula is C21H24N8O6S. The number of aliphatic hydroxyl groups excluding tert-OH is 1. The van der Waals surface area contributed by atoms with Crippen LogP contribution in [0.3, 0.4) is 0 Å². The molecule has 190 valence electrons. The lowest BCUT2D eigenvalue weighted by Gasteiger charge is -2.18. The molecule has 3 N–H and O–H groups in total. The Morgan fingerprint density at radius 1 is 1.25 bits per heavy atom. The van der Waals surface area contributed by atoms with E-state index in [1.54, 1.807) is 22.8 Å². The van der Waals surface area contributed by atoms with Crippen molar-refractivity contribution in [2.45, 2.75) is 39.4 Å². The number of hydrogen-bond donors (Lipinski definition) is 3. The summed E-state index contributed by atoms with van der Waals surface area (Å²) in [7, 11) is -3.58. The van der Waals surface area contributed by atoms with Gasteiger partial charge in [0.05, 0.1) is 29.2 Å². The zero-order valence-electron chi connectivity index (χ0n) is 19.9. The molecule has 4 rings (SSSR count). The first-order valence-electron chi connectivity index (χ1n) is 10.6. The van der Waals surface area contributed by atoms with Crippen LogP contribution in [0.4, 0.5) is 0 Å². The van der Waals surface area contributed by atoms with Gasteiger partial charge in [0.15, 0.2) is 11.5 Å². The second-order valence-corrected chi connectivity index (χ2v) is 10.6. The summed E-state index contributed by atoms with van der Waals surface area (Å²) in [5.74, 6) is 0.275. The van der Waals surface area contributed by atoms with Crippen LogP contribution in [-0.4, -0.2) is 55.6 Å². The van der Waals surface area contributed by atoms with E-state index in [0.29, 0.717) is 28.6 Å². The molecule has 0 radical (unpaired) electrons. The Labute approximate surface area is 205 Å². The fourth-order valence-electron chi connectivity index (χ4n) is 3.33. The van der Waals surface area contributed by atoms with Crippen LogP contribution in [0.15, 0.2) is 35.1 Å². The summed E-state index contributed by atoms with van der Waals surface area (Å²) < 4.78 is 34.9. The number of hydrazine groups is 1. The second-order valence-electron chi connectivity index (χ2n) is 8.89. The van der Waals surface area contributed by atoms with Crippen molar-refractivity contribution in [3.05, 3.63) is 53.2 Å². The lowest BCUT2D eigenvalue weighted by atomic mass is 9.88. The van der Waals surface area contributed by atoms with E-state index in [-0.39, 0.29) is 30.0 Å². The fraction of sp³-hybridized carbons (Fsp3) is 0.333. The average Bonchev–Trinajstić information content (AvgIpc) is 3.45. The Morgan fingerprint density at radius 2 is 2.03 bits per heavy atom. The minimum Gasteiger partial charge on any atom is -0.470 e. The third kappa shape index (κ3) is 5.48. The van der Waals surface area contributed by atoms with Gasteiger partial charge in [-0.15, -0.1) is 15.0 Å².